The van der Waals surface area contributed by atoms with E-state index in [2.05, 4.69) is 21.2 Å². The summed E-state index contributed by atoms with van der Waals surface area (Å²) in [5, 5.41) is 2.76. The molecule has 2 aromatic rings. The van der Waals surface area contributed by atoms with E-state index in [0.717, 1.165) is 16.3 Å². The molecule has 0 radical (unpaired) electrons. The van der Waals surface area contributed by atoms with Crippen molar-refractivity contribution in [2.75, 3.05) is 11.9 Å². The van der Waals surface area contributed by atoms with Crippen LogP contribution in [0.15, 0.2) is 46.9 Å². The third-order valence-electron chi connectivity index (χ3n) is 2.78. The van der Waals surface area contributed by atoms with Crippen molar-refractivity contribution in [3.8, 4) is 5.75 Å². The number of ether oxygens (including phenoxy) is 1. The summed E-state index contributed by atoms with van der Waals surface area (Å²) in [5.74, 6) is 0.290. The van der Waals surface area contributed by atoms with Crippen LogP contribution in [0.3, 0.4) is 0 Å². The van der Waals surface area contributed by atoms with Gasteiger partial charge in [-0.1, -0.05) is 6.07 Å². The molecule has 0 aliphatic rings. The van der Waals surface area contributed by atoms with E-state index in [1.165, 1.54) is 0 Å². The lowest BCUT2D eigenvalue weighted by molar-refractivity contribution is -0.118. The van der Waals surface area contributed by atoms with Gasteiger partial charge in [-0.05, 0) is 64.8 Å². The van der Waals surface area contributed by atoms with Gasteiger partial charge in [0.2, 0.25) is 0 Å². The number of hydrogen-bond donors (Lipinski definition) is 1. The zero-order chi connectivity index (χ0) is 15.2. The molecule has 5 heteroatoms. The van der Waals surface area contributed by atoms with E-state index in [1.54, 1.807) is 24.3 Å². The van der Waals surface area contributed by atoms with Gasteiger partial charge < -0.3 is 10.1 Å². The van der Waals surface area contributed by atoms with Gasteiger partial charge in [0.05, 0.1) is 5.69 Å². The van der Waals surface area contributed by atoms with E-state index < -0.39 is 0 Å². The lowest BCUT2D eigenvalue weighted by atomic mass is 10.2. The molecule has 2 aromatic carbocycles. The first-order valence-corrected chi connectivity index (χ1v) is 7.12. The molecule has 0 heterocycles. The van der Waals surface area contributed by atoms with E-state index >= 15 is 0 Å². The third-order valence-corrected chi connectivity index (χ3v) is 3.44. The highest BCUT2D eigenvalue weighted by molar-refractivity contribution is 9.10. The molecule has 0 aromatic heterocycles. The molecule has 0 aliphatic heterocycles. The lowest BCUT2D eigenvalue weighted by Crippen LogP contribution is -2.20. The Balaban J connectivity index is 1.90. The van der Waals surface area contributed by atoms with Crippen LogP contribution in [0.1, 0.15) is 15.9 Å². The fourth-order valence-electron chi connectivity index (χ4n) is 1.70. The van der Waals surface area contributed by atoms with Crippen molar-refractivity contribution in [1.82, 2.24) is 0 Å². The molecule has 0 saturated heterocycles. The van der Waals surface area contributed by atoms with Crippen molar-refractivity contribution in [2.24, 2.45) is 0 Å². The SMILES string of the molecule is Cc1ccc(NC(=O)COc2ccc(C=O)cc2)c(Br)c1. The Bertz CT molecular complexity index is 653. The van der Waals surface area contributed by atoms with E-state index in [4.69, 9.17) is 4.74 Å². The highest BCUT2D eigenvalue weighted by atomic mass is 79.9. The molecule has 21 heavy (non-hydrogen) atoms. The predicted octanol–water partition coefficient (Wildman–Crippen LogP) is 3.59. The highest BCUT2D eigenvalue weighted by Gasteiger charge is 2.06. The molecule has 4 nitrogen and oxygen atoms in total. The normalized spacial score (nSPS) is 10.0. The summed E-state index contributed by atoms with van der Waals surface area (Å²) in [6.07, 6.45) is 0.755. The predicted molar refractivity (Wildman–Crippen MR) is 84.8 cm³/mol. The summed E-state index contributed by atoms with van der Waals surface area (Å²) in [6, 6.07) is 12.2. The monoisotopic (exact) mass is 347 g/mol. The number of carbonyl (C=O) groups excluding carboxylic acids is 2. The molecule has 0 spiro atoms. The average Bonchev–Trinajstić information content (AvgIpc) is 2.48. The van der Waals surface area contributed by atoms with Crippen LogP contribution in [-0.4, -0.2) is 18.8 Å². The minimum Gasteiger partial charge on any atom is -0.484 e. The van der Waals surface area contributed by atoms with Gasteiger partial charge in [-0.2, -0.15) is 0 Å². The Hall–Kier alpha value is -2.14. The van der Waals surface area contributed by atoms with E-state index in [9.17, 15) is 9.59 Å². The molecule has 2 rings (SSSR count). The molecule has 0 unspecified atom stereocenters. The smallest absolute Gasteiger partial charge is 0.262 e. The standard InChI is InChI=1S/C16H14BrNO3/c1-11-2-7-15(14(17)8-11)18-16(20)10-21-13-5-3-12(9-19)4-6-13/h2-9H,10H2,1H3,(H,18,20). The molecular formula is C16H14BrNO3. The van der Waals surface area contributed by atoms with E-state index in [0.29, 0.717) is 17.0 Å². The number of carbonyl (C=O) groups is 2. The first-order chi connectivity index (χ1) is 10.1. The van der Waals surface area contributed by atoms with Crippen LogP contribution in [0.4, 0.5) is 5.69 Å². The van der Waals surface area contributed by atoms with Gasteiger partial charge in [-0.15, -0.1) is 0 Å². The average molecular weight is 348 g/mol. The molecule has 0 atom stereocenters. The minimum absolute atomic E-state index is 0.0965. The van der Waals surface area contributed by atoms with Gasteiger partial charge in [0.1, 0.15) is 12.0 Å². The Labute approximate surface area is 131 Å². The van der Waals surface area contributed by atoms with E-state index in [1.807, 2.05) is 25.1 Å². The number of benzene rings is 2. The van der Waals surface area contributed by atoms with Gasteiger partial charge in [0.25, 0.3) is 5.91 Å². The van der Waals surface area contributed by atoms with Crippen LogP contribution >= 0.6 is 15.9 Å². The number of anilines is 1. The number of nitrogens with one attached hydrogen (secondary N) is 1. The zero-order valence-electron chi connectivity index (χ0n) is 11.4. The number of aldehydes is 1. The quantitative estimate of drug-likeness (QED) is 0.841. The van der Waals surface area contributed by atoms with Crippen LogP contribution in [0, 0.1) is 6.92 Å². The number of rotatable bonds is 5. The molecule has 108 valence electrons. The van der Waals surface area contributed by atoms with Crippen molar-refractivity contribution in [3.05, 3.63) is 58.1 Å². The highest BCUT2D eigenvalue weighted by Crippen LogP contribution is 2.23. The zero-order valence-corrected chi connectivity index (χ0v) is 13.0. The molecular weight excluding hydrogens is 334 g/mol. The molecule has 0 fully saturated rings. The van der Waals surface area contributed by atoms with Crippen LogP contribution in [0.25, 0.3) is 0 Å². The van der Waals surface area contributed by atoms with Gasteiger partial charge in [-0.3, -0.25) is 9.59 Å². The number of aryl methyl sites for hydroxylation is 1. The summed E-state index contributed by atoms with van der Waals surface area (Å²) in [6.45, 7) is 1.88. The van der Waals surface area contributed by atoms with Crippen molar-refractivity contribution < 1.29 is 14.3 Å². The van der Waals surface area contributed by atoms with Gasteiger partial charge in [-0.25, -0.2) is 0 Å². The molecule has 1 N–H and O–H groups in total. The molecule has 0 saturated carbocycles. The van der Waals surface area contributed by atoms with Crippen LogP contribution in [0.2, 0.25) is 0 Å². The maximum Gasteiger partial charge on any atom is 0.262 e. The first-order valence-electron chi connectivity index (χ1n) is 6.32. The Morgan fingerprint density at radius 2 is 1.95 bits per heavy atom. The molecule has 1 amide bonds. The maximum absolute atomic E-state index is 11.8. The number of halogens is 1. The van der Waals surface area contributed by atoms with Gasteiger partial charge in [0, 0.05) is 10.0 Å². The third kappa shape index (κ3) is 4.43. The van der Waals surface area contributed by atoms with Gasteiger partial charge in [0.15, 0.2) is 6.61 Å². The summed E-state index contributed by atoms with van der Waals surface area (Å²) < 4.78 is 6.18. The van der Waals surface area contributed by atoms with Crippen molar-refractivity contribution in [2.45, 2.75) is 6.92 Å². The Kier molecular flexibility index (Phi) is 5.11. The van der Waals surface area contributed by atoms with Gasteiger partial charge >= 0.3 is 0 Å². The second-order valence-corrected chi connectivity index (χ2v) is 5.36. The summed E-state index contributed by atoms with van der Waals surface area (Å²) in [7, 11) is 0. The molecule has 0 aliphatic carbocycles. The van der Waals surface area contributed by atoms with Crippen LogP contribution < -0.4 is 10.1 Å². The van der Waals surface area contributed by atoms with Crippen molar-refractivity contribution in [3.63, 3.8) is 0 Å². The minimum atomic E-state index is -0.251. The maximum atomic E-state index is 11.8. The topological polar surface area (TPSA) is 55.4 Å². The Morgan fingerprint density at radius 3 is 2.57 bits per heavy atom. The first kappa shape index (κ1) is 15.3. The number of hydrogen-bond acceptors (Lipinski definition) is 3. The van der Waals surface area contributed by atoms with Crippen LogP contribution in [0.5, 0.6) is 5.75 Å². The Morgan fingerprint density at radius 1 is 1.24 bits per heavy atom. The summed E-state index contributed by atoms with van der Waals surface area (Å²) in [4.78, 5) is 22.4. The largest absolute Gasteiger partial charge is 0.484 e. The van der Waals surface area contributed by atoms with Crippen molar-refractivity contribution >= 4 is 33.8 Å². The summed E-state index contributed by atoms with van der Waals surface area (Å²) in [5.41, 5.74) is 2.37. The second-order valence-electron chi connectivity index (χ2n) is 4.51. The van der Waals surface area contributed by atoms with Crippen molar-refractivity contribution in [1.29, 1.82) is 0 Å². The fraction of sp³-hybridized carbons (Fsp3) is 0.125. The fourth-order valence-corrected chi connectivity index (χ4v) is 2.29. The van der Waals surface area contributed by atoms with Crippen LogP contribution in [-0.2, 0) is 4.79 Å². The van der Waals surface area contributed by atoms with E-state index in [-0.39, 0.29) is 12.5 Å². The summed E-state index contributed by atoms with van der Waals surface area (Å²) >= 11 is 3.40. The number of amides is 1. The second kappa shape index (κ2) is 7.04. The molecule has 0 bridgehead atoms. The lowest BCUT2D eigenvalue weighted by Gasteiger charge is -2.09.